The van der Waals surface area contributed by atoms with E-state index in [2.05, 4.69) is 0 Å². The van der Waals surface area contributed by atoms with Gasteiger partial charge in [-0.25, -0.2) is 9.18 Å². The molecule has 1 aliphatic rings. The number of allylic oxidation sites excluding steroid dienone is 1. The summed E-state index contributed by atoms with van der Waals surface area (Å²) in [6.07, 6.45) is 1.70. The smallest absolute Gasteiger partial charge is 0.340 e. The van der Waals surface area contributed by atoms with E-state index >= 15 is 0 Å². The summed E-state index contributed by atoms with van der Waals surface area (Å²) in [6.45, 7) is 7.52. The van der Waals surface area contributed by atoms with Gasteiger partial charge in [0, 0.05) is 33.5 Å². The van der Waals surface area contributed by atoms with Gasteiger partial charge in [-0.05, 0) is 87.4 Å². The van der Waals surface area contributed by atoms with Crippen molar-refractivity contribution in [2.75, 3.05) is 12.0 Å². The molecule has 0 radical (unpaired) electrons. The van der Waals surface area contributed by atoms with Crippen LogP contribution in [0, 0.1) is 26.6 Å². The summed E-state index contributed by atoms with van der Waals surface area (Å²) in [7, 11) is 1.28. The number of methoxy groups -OCH3 is 1. The first-order valence-electron chi connectivity index (χ1n) is 10.7. The number of esters is 1. The Morgan fingerprint density at radius 2 is 1.65 bits per heavy atom. The van der Waals surface area contributed by atoms with Gasteiger partial charge in [0.1, 0.15) is 5.82 Å². The van der Waals surface area contributed by atoms with E-state index in [0.29, 0.717) is 16.4 Å². The van der Waals surface area contributed by atoms with Crippen molar-refractivity contribution in [1.82, 2.24) is 4.57 Å². The van der Waals surface area contributed by atoms with Crippen molar-refractivity contribution in [1.29, 1.82) is 0 Å². The normalized spacial score (nSPS) is 15.0. The molecule has 4 rings (SSSR count). The van der Waals surface area contributed by atoms with Crippen LogP contribution in [-0.4, -0.2) is 23.6 Å². The lowest BCUT2D eigenvalue weighted by molar-refractivity contribution is -0.136. The van der Waals surface area contributed by atoms with Gasteiger partial charge < -0.3 is 9.30 Å². The highest BCUT2D eigenvalue weighted by Crippen LogP contribution is 2.36. The summed E-state index contributed by atoms with van der Waals surface area (Å²) in [5.74, 6) is -1.40. The van der Waals surface area contributed by atoms with E-state index in [1.807, 2.05) is 49.6 Å². The largest absolute Gasteiger partial charge is 0.465 e. The van der Waals surface area contributed by atoms with Crippen molar-refractivity contribution in [2.24, 2.45) is 0 Å². The molecule has 1 amide bonds. The molecule has 1 aliphatic heterocycles. The molecule has 0 spiro atoms. The molecule has 2 heterocycles. The van der Waals surface area contributed by atoms with Gasteiger partial charge in [-0.3, -0.25) is 9.69 Å². The van der Waals surface area contributed by atoms with Crippen LogP contribution in [-0.2, 0) is 14.3 Å². The number of rotatable bonds is 4. The number of halogens is 2. The lowest BCUT2D eigenvalue weighted by Crippen LogP contribution is -2.24. The molecule has 7 heteroatoms. The fourth-order valence-electron chi connectivity index (χ4n) is 4.29. The third kappa shape index (κ3) is 3.94. The summed E-state index contributed by atoms with van der Waals surface area (Å²) in [4.78, 5) is 27.6. The number of carbonyl (C=O) groups is 2. The van der Waals surface area contributed by atoms with Crippen molar-refractivity contribution in [2.45, 2.75) is 27.7 Å². The van der Waals surface area contributed by atoms with E-state index in [4.69, 9.17) is 16.3 Å². The number of amides is 1. The van der Waals surface area contributed by atoms with Gasteiger partial charge in [0.25, 0.3) is 5.91 Å². The molecule has 0 atom stereocenters. The Labute approximate surface area is 202 Å². The van der Waals surface area contributed by atoms with Crippen molar-refractivity contribution in [3.05, 3.63) is 98.7 Å². The van der Waals surface area contributed by atoms with Crippen LogP contribution in [0.5, 0.6) is 0 Å². The minimum Gasteiger partial charge on any atom is -0.465 e. The molecule has 34 heavy (non-hydrogen) atoms. The highest BCUT2D eigenvalue weighted by atomic mass is 35.5. The zero-order valence-electron chi connectivity index (χ0n) is 19.6. The molecule has 0 fully saturated rings. The first kappa shape index (κ1) is 23.5. The molecule has 0 bridgehead atoms. The fraction of sp³-hybridized carbons (Fsp3) is 0.185. The van der Waals surface area contributed by atoms with Crippen LogP contribution in [0.25, 0.3) is 11.8 Å². The third-order valence-electron chi connectivity index (χ3n) is 6.06. The number of aromatic nitrogens is 1. The first-order chi connectivity index (χ1) is 16.1. The molecule has 0 unspecified atom stereocenters. The van der Waals surface area contributed by atoms with Crippen LogP contribution in [0.2, 0.25) is 5.02 Å². The van der Waals surface area contributed by atoms with Crippen LogP contribution >= 0.6 is 11.6 Å². The predicted molar refractivity (Wildman–Crippen MR) is 132 cm³/mol. The van der Waals surface area contributed by atoms with Crippen molar-refractivity contribution in [3.8, 4) is 5.69 Å². The molecular weight excluding hydrogens is 455 g/mol. The molecule has 0 N–H and O–H groups in total. The third-order valence-corrected chi connectivity index (χ3v) is 6.47. The first-order valence-corrected chi connectivity index (χ1v) is 11.1. The van der Waals surface area contributed by atoms with Gasteiger partial charge in [-0.2, -0.15) is 0 Å². The number of hydrogen-bond donors (Lipinski definition) is 0. The number of anilines is 1. The van der Waals surface area contributed by atoms with Crippen LogP contribution in [0.1, 0.15) is 29.4 Å². The summed E-state index contributed by atoms with van der Waals surface area (Å²) < 4.78 is 20.5. The maximum absolute atomic E-state index is 13.5. The Bertz CT molecular complexity index is 1380. The SMILES string of the molecule is COC(=O)C1=C(C)N(c2ccc(F)cc2)C(=O)/C1=C\c1cc(C)n(-c2ccc(C)c(Cl)c2)c1C. The second-order valence-corrected chi connectivity index (χ2v) is 8.63. The second-order valence-electron chi connectivity index (χ2n) is 8.22. The summed E-state index contributed by atoms with van der Waals surface area (Å²) in [5, 5.41) is 0.664. The fourth-order valence-corrected chi connectivity index (χ4v) is 4.46. The lowest BCUT2D eigenvalue weighted by atomic mass is 10.0. The van der Waals surface area contributed by atoms with Crippen molar-refractivity contribution in [3.63, 3.8) is 0 Å². The zero-order chi connectivity index (χ0) is 24.7. The zero-order valence-corrected chi connectivity index (χ0v) is 20.3. The van der Waals surface area contributed by atoms with Gasteiger partial charge in [-0.1, -0.05) is 17.7 Å². The molecular formula is C27H24ClFN2O3. The van der Waals surface area contributed by atoms with Crippen LogP contribution in [0.3, 0.4) is 0 Å². The topological polar surface area (TPSA) is 51.5 Å². The molecule has 0 saturated carbocycles. The number of hydrogen-bond acceptors (Lipinski definition) is 3. The van der Waals surface area contributed by atoms with Gasteiger partial charge in [0.15, 0.2) is 0 Å². The predicted octanol–water partition coefficient (Wildman–Crippen LogP) is 6.07. The number of nitrogens with zero attached hydrogens (tertiary/aromatic N) is 2. The molecule has 0 aliphatic carbocycles. The van der Waals surface area contributed by atoms with E-state index < -0.39 is 11.8 Å². The Hall–Kier alpha value is -3.64. The van der Waals surface area contributed by atoms with E-state index in [9.17, 15) is 14.0 Å². The highest BCUT2D eigenvalue weighted by Gasteiger charge is 2.38. The van der Waals surface area contributed by atoms with E-state index in [1.54, 1.807) is 13.0 Å². The minimum absolute atomic E-state index is 0.181. The van der Waals surface area contributed by atoms with E-state index in [0.717, 1.165) is 28.2 Å². The number of ether oxygens (including phenoxy) is 1. The van der Waals surface area contributed by atoms with Crippen LogP contribution in [0.15, 0.2) is 65.4 Å². The number of carbonyl (C=O) groups excluding carboxylic acids is 2. The Kier molecular flexibility index (Phi) is 6.19. The van der Waals surface area contributed by atoms with Gasteiger partial charge >= 0.3 is 5.97 Å². The van der Waals surface area contributed by atoms with Crippen molar-refractivity contribution >= 4 is 35.2 Å². The molecule has 1 aromatic heterocycles. The second kappa shape index (κ2) is 8.95. The van der Waals surface area contributed by atoms with Gasteiger partial charge in [-0.15, -0.1) is 0 Å². The van der Waals surface area contributed by atoms with Crippen LogP contribution < -0.4 is 4.90 Å². The monoisotopic (exact) mass is 478 g/mol. The van der Waals surface area contributed by atoms with E-state index in [1.165, 1.54) is 36.3 Å². The number of aryl methyl sites for hydroxylation is 2. The summed E-state index contributed by atoms with van der Waals surface area (Å²) in [6, 6.07) is 13.3. The molecule has 174 valence electrons. The molecule has 3 aromatic rings. The maximum atomic E-state index is 13.5. The van der Waals surface area contributed by atoms with Gasteiger partial charge in [0.05, 0.1) is 18.3 Å². The number of benzene rings is 2. The Morgan fingerprint density at radius 1 is 1.00 bits per heavy atom. The summed E-state index contributed by atoms with van der Waals surface area (Å²) >= 11 is 6.35. The average molecular weight is 479 g/mol. The van der Waals surface area contributed by atoms with Crippen molar-refractivity contribution < 1.29 is 18.7 Å². The van der Waals surface area contributed by atoms with E-state index in [-0.39, 0.29) is 17.1 Å². The van der Waals surface area contributed by atoms with Crippen LogP contribution in [0.4, 0.5) is 10.1 Å². The Morgan fingerprint density at radius 3 is 2.26 bits per heavy atom. The average Bonchev–Trinajstić information content (AvgIpc) is 3.22. The molecule has 2 aromatic carbocycles. The lowest BCUT2D eigenvalue weighted by Gasteiger charge is -2.17. The maximum Gasteiger partial charge on any atom is 0.340 e. The molecule has 0 saturated heterocycles. The summed E-state index contributed by atoms with van der Waals surface area (Å²) in [5.41, 5.74) is 5.80. The minimum atomic E-state index is -0.610. The molecule has 5 nitrogen and oxygen atoms in total. The van der Waals surface area contributed by atoms with Gasteiger partial charge in [0.2, 0.25) is 0 Å². The highest BCUT2D eigenvalue weighted by molar-refractivity contribution is 6.31. The Balaban J connectivity index is 1.84. The quantitative estimate of drug-likeness (QED) is 0.337. The standard InChI is InChI=1S/C27H24ClFN2O3/c1-15-6-9-22(14-24(15)28)30-16(2)12-19(17(30)3)13-23-25(27(33)34-5)18(4)31(26(23)32)21-10-7-20(29)8-11-21/h6-14H,1-5H3/b23-13-.